The molecule has 0 aromatic heterocycles. The lowest BCUT2D eigenvalue weighted by atomic mass is 9.56. The van der Waals surface area contributed by atoms with Crippen LogP contribution in [0.3, 0.4) is 0 Å². The monoisotopic (exact) mass is 702 g/mol. The van der Waals surface area contributed by atoms with E-state index < -0.39 is 123 Å². The number of carboxylic acids is 1. The molecule has 2 aliphatic heterocycles. The number of phenolic OH excluding ortho intramolecular Hbond substituents is 1. The molecule has 2 heterocycles. The van der Waals surface area contributed by atoms with Gasteiger partial charge in [-0.2, -0.15) is 0 Å². The van der Waals surface area contributed by atoms with E-state index in [0.717, 1.165) is 11.0 Å². The Bertz CT molecular complexity index is 1830. The average Bonchev–Trinajstić information content (AvgIpc) is 3.36. The number of carbonyl (C=O) groups excluding carboxylic acids is 4. The largest absolute Gasteiger partial charge is 0.508 e. The zero-order valence-electron chi connectivity index (χ0n) is 23.8. The number of rotatable bonds is 6. The van der Waals surface area contributed by atoms with Crippen LogP contribution in [0, 0.1) is 46.8 Å². The van der Waals surface area contributed by atoms with Crippen molar-refractivity contribution < 1.29 is 60.9 Å². The SMILES string of the molecule is COc1ccc(C2C3=CCC4C(=O)N(CCC(=O)O)C(=O)C4C3CC3(Cl)C(=O)N(c4c(F)c(F)c(F)c(F)c4F)C(=O)C23Cl)c(O)c1. The average molecular weight is 703 g/mol. The molecule has 10 nitrogen and oxygen atoms in total. The number of aromatic hydroxyl groups is 1. The van der Waals surface area contributed by atoms with E-state index in [0.29, 0.717) is 0 Å². The molecule has 2 saturated heterocycles. The lowest BCUT2D eigenvalue weighted by molar-refractivity contribution is -0.142. The van der Waals surface area contributed by atoms with Crippen molar-refractivity contribution in [1.82, 2.24) is 4.90 Å². The molecule has 17 heteroatoms. The van der Waals surface area contributed by atoms with Crippen LogP contribution >= 0.6 is 23.2 Å². The molecule has 248 valence electrons. The number of aliphatic carboxylic acids is 1. The van der Waals surface area contributed by atoms with Crippen molar-refractivity contribution in [2.75, 3.05) is 18.6 Å². The number of methoxy groups -OCH3 is 1. The number of ether oxygens (including phenoxy) is 1. The van der Waals surface area contributed by atoms with Crippen molar-refractivity contribution in [2.24, 2.45) is 17.8 Å². The quantitative estimate of drug-likeness (QED) is 0.114. The second-order valence-corrected chi connectivity index (χ2v) is 12.8. The Labute approximate surface area is 271 Å². The van der Waals surface area contributed by atoms with Gasteiger partial charge in [0, 0.05) is 24.1 Å². The maximum absolute atomic E-state index is 15.1. The van der Waals surface area contributed by atoms with Gasteiger partial charge in [-0.05, 0) is 24.8 Å². The molecular formula is C30H21Cl2F5N2O8. The van der Waals surface area contributed by atoms with E-state index >= 15 is 8.78 Å². The minimum Gasteiger partial charge on any atom is -0.508 e. The van der Waals surface area contributed by atoms with Crippen molar-refractivity contribution in [2.45, 2.75) is 34.9 Å². The lowest BCUT2D eigenvalue weighted by Gasteiger charge is -2.50. The molecule has 2 aliphatic carbocycles. The fourth-order valence-corrected chi connectivity index (χ4v) is 8.23. The number of hydrogen-bond donors (Lipinski definition) is 2. The summed E-state index contributed by atoms with van der Waals surface area (Å²) < 4.78 is 77.8. The number of alkyl halides is 2. The number of nitrogens with zero attached hydrogens (tertiary/aromatic N) is 2. The van der Waals surface area contributed by atoms with Gasteiger partial charge in [0.1, 0.15) is 17.2 Å². The summed E-state index contributed by atoms with van der Waals surface area (Å²) >= 11 is 14.0. The number of benzene rings is 2. The van der Waals surface area contributed by atoms with Gasteiger partial charge in [0.15, 0.2) is 33.0 Å². The van der Waals surface area contributed by atoms with Gasteiger partial charge >= 0.3 is 5.97 Å². The normalized spacial score (nSPS) is 29.9. The number of halogens is 7. The van der Waals surface area contributed by atoms with Crippen molar-refractivity contribution in [3.8, 4) is 11.5 Å². The molecule has 47 heavy (non-hydrogen) atoms. The zero-order chi connectivity index (χ0) is 34.5. The Balaban J connectivity index is 1.57. The summed E-state index contributed by atoms with van der Waals surface area (Å²) in [5, 5.41) is 20.2. The Hall–Kier alpha value is -4.24. The first kappa shape index (κ1) is 32.7. The fourth-order valence-electron chi connectivity index (χ4n) is 7.30. The molecular weight excluding hydrogens is 682 g/mol. The summed E-state index contributed by atoms with van der Waals surface area (Å²) in [7, 11) is 1.28. The van der Waals surface area contributed by atoms with Crippen LogP contribution in [-0.2, 0) is 24.0 Å². The number of imide groups is 2. The van der Waals surface area contributed by atoms with Crippen LogP contribution in [0.5, 0.6) is 11.5 Å². The molecule has 2 aromatic carbocycles. The molecule has 2 aromatic rings. The number of allylic oxidation sites excluding steroid dienone is 2. The van der Waals surface area contributed by atoms with Crippen LogP contribution in [0.15, 0.2) is 29.8 Å². The van der Waals surface area contributed by atoms with E-state index in [9.17, 15) is 42.3 Å². The second kappa shape index (κ2) is 10.9. The molecule has 3 fully saturated rings. The highest BCUT2D eigenvalue weighted by Gasteiger charge is 2.77. The van der Waals surface area contributed by atoms with E-state index in [1.807, 2.05) is 0 Å². The Morgan fingerprint density at radius 1 is 0.957 bits per heavy atom. The maximum Gasteiger partial charge on any atom is 0.305 e. The highest BCUT2D eigenvalue weighted by molar-refractivity contribution is 6.58. The van der Waals surface area contributed by atoms with Crippen LogP contribution < -0.4 is 9.64 Å². The van der Waals surface area contributed by atoms with Gasteiger partial charge in [0.05, 0.1) is 25.4 Å². The van der Waals surface area contributed by atoms with Crippen LogP contribution in [-0.4, -0.2) is 68.1 Å². The molecule has 0 spiro atoms. The first-order valence-corrected chi connectivity index (χ1v) is 14.7. The van der Waals surface area contributed by atoms with Gasteiger partial charge in [-0.3, -0.25) is 28.9 Å². The highest BCUT2D eigenvalue weighted by Crippen LogP contribution is 2.66. The third-order valence-corrected chi connectivity index (χ3v) is 10.8. The van der Waals surface area contributed by atoms with E-state index in [-0.39, 0.29) is 28.2 Å². The summed E-state index contributed by atoms with van der Waals surface area (Å²) in [6, 6.07) is 3.69. The number of carboxylic acid groups (broad SMARTS) is 1. The van der Waals surface area contributed by atoms with Crippen LogP contribution in [0.1, 0.15) is 30.7 Å². The van der Waals surface area contributed by atoms with Gasteiger partial charge in [-0.15, -0.1) is 23.2 Å². The standard InChI is InChI=1S/C30H21Cl2F5N2O8/c1-47-10-2-3-12(15(40)8-10)18-11-4-5-13-17(26(44)38(25(13)43)7-6-16(41)42)14(11)9-29(31)27(45)39(28(46)30(18,29)32)24-22(36)20(34)19(33)21(35)23(24)37/h2-4,8,13-14,17-18,40H,5-7,9H2,1H3,(H,41,42). The number of carbonyl (C=O) groups is 5. The Kier molecular flexibility index (Phi) is 7.59. The highest BCUT2D eigenvalue weighted by atomic mass is 35.5. The topological polar surface area (TPSA) is 142 Å². The van der Waals surface area contributed by atoms with Gasteiger partial charge in [-0.1, -0.05) is 17.7 Å². The van der Waals surface area contributed by atoms with Gasteiger partial charge < -0.3 is 14.9 Å². The Morgan fingerprint density at radius 2 is 1.57 bits per heavy atom. The van der Waals surface area contributed by atoms with Gasteiger partial charge in [0.2, 0.25) is 17.6 Å². The predicted octanol–water partition coefficient (Wildman–Crippen LogP) is 4.13. The third kappa shape index (κ3) is 4.24. The molecule has 2 N–H and O–H groups in total. The molecule has 6 rings (SSSR count). The molecule has 4 aliphatic rings. The van der Waals surface area contributed by atoms with E-state index in [1.54, 1.807) is 0 Å². The van der Waals surface area contributed by atoms with Gasteiger partial charge in [0.25, 0.3) is 11.8 Å². The number of phenols is 1. The van der Waals surface area contributed by atoms with Crippen LogP contribution in [0.4, 0.5) is 27.6 Å². The predicted molar refractivity (Wildman–Crippen MR) is 150 cm³/mol. The lowest BCUT2D eigenvalue weighted by Crippen LogP contribution is -2.60. The van der Waals surface area contributed by atoms with Crippen molar-refractivity contribution in [1.29, 1.82) is 0 Å². The van der Waals surface area contributed by atoms with Crippen molar-refractivity contribution in [3.05, 3.63) is 64.5 Å². The van der Waals surface area contributed by atoms with E-state index in [4.69, 9.17) is 33.0 Å². The summed E-state index contributed by atoms with van der Waals surface area (Å²) in [6.07, 6.45) is 0.00825. The Morgan fingerprint density at radius 3 is 2.15 bits per heavy atom. The van der Waals surface area contributed by atoms with Crippen molar-refractivity contribution >= 4 is 58.5 Å². The molecule has 6 unspecified atom stereocenters. The zero-order valence-corrected chi connectivity index (χ0v) is 25.3. The number of hydrogen-bond acceptors (Lipinski definition) is 7. The summed E-state index contributed by atoms with van der Waals surface area (Å²) in [5.74, 6) is -24.3. The smallest absolute Gasteiger partial charge is 0.305 e. The molecule has 0 bridgehead atoms. The van der Waals surface area contributed by atoms with Crippen LogP contribution in [0.25, 0.3) is 0 Å². The van der Waals surface area contributed by atoms with Crippen molar-refractivity contribution in [3.63, 3.8) is 0 Å². The van der Waals surface area contributed by atoms with Gasteiger partial charge in [-0.25, -0.2) is 26.9 Å². The summed E-state index contributed by atoms with van der Waals surface area (Å²) in [5.41, 5.74) is -1.98. The first-order chi connectivity index (χ1) is 22.0. The third-order valence-electron chi connectivity index (χ3n) is 9.41. The van der Waals surface area contributed by atoms with E-state index in [1.165, 1.54) is 25.3 Å². The second-order valence-electron chi connectivity index (χ2n) is 11.6. The fraction of sp³-hybridized carbons (Fsp3) is 0.367. The number of fused-ring (bicyclic) bond motifs is 4. The molecule has 6 atom stereocenters. The number of amides is 4. The molecule has 4 amide bonds. The number of likely N-dealkylation sites (tertiary alicyclic amines) is 1. The summed E-state index contributed by atoms with van der Waals surface area (Å²) in [4.78, 5) is 61.3. The minimum absolute atomic E-state index is 0.125. The minimum atomic E-state index is -2.80. The molecule has 1 saturated carbocycles. The van der Waals surface area contributed by atoms with E-state index in [2.05, 4.69) is 0 Å². The molecule has 0 radical (unpaired) electrons. The number of anilines is 1. The summed E-state index contributed by atoms with van der Waals surface area (Å²) in [6.45, 7) is -0.471. The maximum atomic E-state index is 15.1. The van der Waals surface area contributed by atoms with Crippen LogP contribution in [0.2, 0.25) is 0 Å². The first-order valence-electron chi connectivity index (χ1n) is 13.9.